The molecule has 0 spiro atoms. The van der Waals surface area contributed by atoms with Crippen molar-refractivity contribution >= 4 is 29.5 Å². The van der Waals surface area contributed by atoms with Gasteiger partial charge in [-0.3, -0.25) is 4.68 Å². The molecule has 0 N–H and O–H groups in total. The predicted octanol–water partition coefficient (Wildman–Crippen LogP) is 4.02. The van der Waals surface area contributed by atoms with Crippen molar-refractivity contribution in [1.82, 2.24) is 9.78 Å². The summed E-state index contributed by atoms with van der Waals surface area (Å²) in [4.78, 5) is 16.5. The number of hydrogen-bond acceptors (Lipinski definition) is 4. The van der Waals surface area contributed by atoms with Crippen LogP contribution in [0.4, 0.5) is 0 Å². The second-order valence-corrected chi connectivity index (χ2v) is 7.43. The lowest BCUT2D eigenvalue weighted by atomic mass is 9.87. The summed E-state index contributed by atoms with van der Waals surface area (Å²) in [5.41, 5.74) is 3.64. The maximum absolute atomic E-state index is 12.1. The number of rotatable bonds is 2. The molecule has 0 fully saturated rings. The zero-order valence-corrected chi connectivity index (χ0v) is 15.7. The minimum atomic E-state index is -0.491. The minimum absolute atomic E-state index is 0.0618. The molecule has 0 atom stereocenters. The van der Waals surface area contributed by atoms with Crippen molar-refractivity contribution in [2.75, 3.05) is 0 Å². The van der Waals surface area contributed by atoms with Crippen LogP contribution in [-0.4, -0.2) is 21.6 Å². The third-order valence-electron chi connectivity index (χ3n) is 4.10. The number of benzene rings is 1. The maximum atomic E-state index is 12.1. The second kappa shape index (κ2) is 6.15. The Balaban J connectivity index is 1.94. The van der Waals surface area contributed by atoms with Gasteiger partial charge in [0.1, 0.15) is 5.15 Å². The molecule has 0 radical (unpaired) electrons. The Hall–Kier alpha value is -2.40. The van der Waals surface area contributed by atoms with Gasteiger partial charge in [0.05, 0.1) is 5.69 Å². The number of halogens is 1. The molecule has 1 aliphatic rings. The Kier molecular flexibility index (Phi) is 4.29. The van der Waals surface area contributed by atoms with Crippen LogP contribution in [0.1, 0.15) is 43.2 Å². The summed E-state index contributed by atoms with van der Waals surface area (Å²) >= 11 is 6.21. The SMILES string of the molecule is Cc1nn(C)c(Cl)c1C=C1N=C(c2ccc(C(C)(C)C)cc2)OC1=O. The molecule has 0 saturated carbocycles. The summed E-state index contributed by atoms with van der Waals surface area (Å²) < 4.78 is 6.87. The monoisotopic (exact) mass is 357 g/mol. The molecule has 6 heteroatoms. The van der Waals surface area contributed by atoms with E-state index < -0.39 is 5.97 Å². The molecule has 5 nitrogen and oxygen atoms in total. The topological polar surface area (TPSA) is 56.5 Å². The normalized spacial score (nSPS) is 16.3. The Morgan fingerprint density at radius 2 is 1.84 bits per heavy atom. The Morgan fingerprint density at radius 3 is 2.36 bits per heavy atom. The van der Waals surface area contributed by atoms with Crippen molar-refractivity contribution in [1.29, 1.82) is 0 Å². The van der Waals surface area contributed by atoms with Gasteiger partial charge in [0.25, 0.3) is 0 Å². The van der Waals surface area contributed by atoms with Crippen molar-refractivity contribution in [3.63, 3.8) is 0 Å². The van der Waals surface area contributed by atoms with Crippen LogP contribution in [0.2, 0.25) is 5.15 Å². The van der Waals surface area contributed by atoms with E-state index in [1.165, 1.54) is 5.56 Å². The predicted molar refractivity (Wildman–Crippen MR) is 98.7 cm³/mol. The zero-order chi connectivity index (χ0) is 18.4. The van der Waals surface area contributed by atoms with Crippen molar-refractivity contribution < 1.29 is 9.53 Å². The highest BCUT2D eigenvalue weighted by Crippen LogP contribution is 2.26. The summed E-state index contributed by atoms with van der Waals surface area (Å²) in [6, 6.07) is 7.88. The van der Waals surface area contributed by atoms with Crippen LogP contribution in [0.25, 0.3) is 6.08 Å². The first kappa shape index (κ1) is 17.4. The molecule has 2 heterocycles. The molecule has 1 aromatic carbocycles. The summed E-state index contributed by atoms with van der Waals surface area (Å²) in [5.74, 6) is -0.191. The number of cyclic esters (lactones) is 1. The van der Waals surface area contributed by atoms with Crippen LogP contribution in [-0.2, 0) is 22.0 Å². The number of aryl methyl sites for hydroxylation is 2. The fourth-order valence-electron chi connectivity index (χ4n) is 2.59. The third-order valence-corrected chi connectivity index (χ3v) is 4.54. The first-order chi connectivity index (χ1) is 11.7. The van der Waals surface area contributed by atoms with Gasteiger partial charge in [0.15, 0.2) is 5.70 Å². The van der Waals surface area contributed by atoms with Crippen molar-refractivity contribution in [2.45, 2.75) is 33.1 Å². The Bertz CT molecular complexity index is 900. The molecule has 0 unspecified atom stereocenters. The van der Waals surface area contributed by atoms with Gasteiger partial charge < -0.3 is 4.74 Å². The molecule has 130 valence electrons. The first-order valence-electron chi connectivity index (χ1n) is 7.99. The number of esters is 1. The van der Waals surface area contributed by atoms with Gasteiger partial charge in [0.2, 0.25) is 5.90 Å². The number of aromatic nitrogens is 2. The van der Waals surface area contributed by atoms with Crippen LogP contribution in [0.15, 0.2) is 35.0 Å². The van der Waals surface area contributed by atoms with Crippen LogP contribution in [0.3, 0.4) is 0 Å². The van der Waals surface area contributed by atoms with Crippen LogP contribution in [0, 0.1) is 6.92 Å². The van der Waals surface area contributed by atoms with E-state index in [0.29, 0.717) is 16.6 Å². The molecule has 0 amide bonds. The summed E-state index contributed by atoms with van der Waals surface area (Å²) in [6.07, 6.45) is 1.61. The number of ether oxygens (including phenoxy) is 1. The number of aliphatic imine (C=N–C) groups is 1. The average molecular weight is 358 g/mol. The lowest BCUT2D eigenvalue weighted by molar-refractivity contribution is -0.129. The van der Waals surface area contributed by atoms with Crippen molar-refractivity contribution in [2.24, 2.45) is 12.0 Å². The van der Waals surface area contributed by atoms with Crippen molar-refractivity contribution in [3.8, 4) is 0 Å². The van der Waals surface area contributed by atoms with E-state index in [-0.39, 0.29) is 11.1 Å². The summed E-state index contributed by atoms with van der Waals surface area (Å²) in [7, 11) is 1.75. The maximum Gasteiger partial charge on any atom is 0.363 e. The van der Waals surface area contributed by atoms with Gasteiger partial charge in [0, 0.05) is 18.2 Å². The quantitative estimate of drug-likeness (QED) is 0.602. The van der Waals surface area contributed by atoms with Gasteiger partial charge in [-0.1, -0.05) is 44.5 Å². The number of carbonyl (C=O) groups is 1. The molecule has 3 rings (SSSR count). The molecule has 1 aromatic heterocycles. The number of carbonyl (C=O) groups excluding carboxylic acids is 1. The van der Waals surface area contributed by atoms with E-state index in [0.717, 1.165) is 11.3 Å². The molecule has 1 aliphatic heterocycles. The molecule has 2 aromatic rings. The molecular weight excluding hydrogens is 338 g/mol. The fraction of sp³-hybridized carbons (Fsp3) is 0.316. The smallest absolute Gasteiger partial charge is 0.363 e. The van der Waals surface area contributed by atoms with E-state index in [1.54, 1.807) is 17.8 Å². The molecule has 25 heavy (non-hydrogen) atoms. The number of hydrogen-bond donors (Lipinski definition) is 0. The highest BCUT2D eigenvalue weighted by atomic mass is 35.5. The minimum Gasteiger partial charge on any atom is -0.402 e. The van der Waals surface area contributed by atoms with Crippen LogP contribution >= 0.6 is 11.6 Å². The van der Waals surface area contributed by atoms with Gasteiger partial charge in [-0.2, -0.15) is 5.10 Å². The van der Waals surface area contributed by atoms with Gasteiger partial charge in [-0.25, -0.2) is 9.79 Å². The summed E-state index contributed by atoms with van der Waals surface area (Å²) in [6.45, 7) is 8.27. The lowest BCUT2D eigenvalue weighted by Gasteiger charge is -2.18. The highest BCUT2D eigenvalue weighted by Gasteiger charge is 2.25. The Labute approximate surface area is 152 Å². The van der Waals surface area contributed by atoms with Gasteiger partial charge in [-0.05, 0) is 36.1 Å². The number of nitrogens with zero attached hydrogens (tertiary/aromatic N) is 3. The van der Waals surface area contributed by atoms with E-state index >= 15 is 0 Å². The largest absolute Gasteiger partial charge is 0.402 e. The molecule has 0 bridgehead atoms. The van der Waals surface area contributed by atoms with Crippen molar-refractivity contribution in [3.05, 3.63) is 57.5 Å². The lowest BCUT2D eigenvalue weighted by Crippen LogP contribution is -2.11. The van der Waals surface area contributed by atoms with Gasteiger partial charge in [-0.15, -0.1) is 0 Å². The second-order valence-electron chi connectivity index (χ2n) is 7.08. The molecule has 0 aliphatic carbocycles. The van der Waals surface area contributed by atoms with E-state index in [2.05, 4.69) is 30.9 Å². The average Bonchev–Trinajstić information content (AvgIpc) is 3.02. The van der Waals surface area contributed by atoms with E-state index in [4.69, 9.17) is 16.3 Å². The standard InChI is InChI=1S/C19H20ClN3O2/c1-11-14(16(20)23(5)22-11)10-15-18(24)25-17(21-15)12-6-8-13(9-7-12)19(2,3)4/h6-10H,1-5H3. The van der Waals surface area contributed by atoms with Crippen LogP contribution in [0.5, 0.6) is 0 Å². The van der Waals surface area contributed by atoms with E-state index in [9.17, 15) is 4.79 Å². The van der Waals surface area contributed by atoms with Crippen LogP contribution < -0.4 is 0 Å². The van der Waals surface area contributed by atoms with Gasteiger partial charge >= 0.3 is 5.97 Å². The fourth-order valence-corrected chi connectivity index (χ4v) is 2.82. The van der Waals surface area contributed by atoms with E-state index in [1.807, 2.05) is 31.2 Å². The third kappa shape index (κ3) is 3.37. The zero-order valence-electron chi connectivity index (χ0n) is 14.9. The Morgan fingerprint density at radius 1 is 1.20 bits per heavy atom. The summed E-state index contributed by atoms with van der Waals surface area (Å²) in [5, 5.41) is 4.68. The molecule has 0 saturated heterocycles. The highest BCUT2D eigenvalue weighted by molar-refractivity contribution is 6.31. The molecular formula is C19H20ClN3O2. The first-order valence-corrected chi connectivity index (χ1v) is 8.37.